The predicted molar refractivity (Wildman–Crippen MR) is 135 cm³/mol. The Balaban J connectivity index is 1.82. The molecule has 7 nitrogen and oxygen atoms in total. The number of hydrogen-bond donors (Lipinski definition) is 1. The van der Waals surface area contributed by atoms with Crippen LogP contribution in [0.2, 0.25) is 0 Å². The molecule has 3 aromatic rings. The molecular weight excluding hydrogens is 472 g/mol. The number of nitrogens with one attached hydrogen (secondary N) is 1. The molecule has 0 fully saturated rings. The molecule has 0 aromatic heterocycles. The fourth-order valence-corrected chi connectivity index (χ4v) is 5.11. The summed E-state index contributed by atoms with van der Waals surface area (Å²) < 4.78 is 38.6. The lowest BCUT2D eigenvalue weighted by Gasteiger charge is -2.24. The lowest BCUT2D eigenvalue weighted by atomic mass is 10.2. The number of methoxy groups -OCH3 is 2. The first-order valence-electron chi connectivity index (χ1n) is 10.5. The number of thioether (sulfide) groups is 1. The lowest BCUT2D eigenvalue weighted by molar-refractivity contribution is -0.119. The van der Waals surface area contributed by atoms with E-state index in [1.54, 1.807) is 55.6 Å². The van der Waals surface area contributed by atoms with Gasteiger partial charge in [-0.05, 0) is 67.3 Å². The van der Waals surface area contributed by atoms with Gasteiger partial charge in [-0.25, -0.2) is 8.42 Å². The third-order valence-corrected chi connectivity index (χ3v) is 7.73. The summed E-state index contributed by atoms with van der Waals surface area (Å²) >= 11 is 1.53. The molecule has 0 radical (unpaired) electrons. The first-order valence-corrected chi connectivity index (χ1v) is 13.2. The molecule has 0 spiro atoms. The number of carbonyl (C=O) groups excluding carboxylic acids is 1. The second kappa shape index (κ2) is 11.3. The first-order chi connectivity index (χ1) is 16.3. The van der Waals surface area contributed by atoms with Crippen LogP contribution in [0.25, 0.3) is 0 Å². The zero-order valence-corrected chi connectivity index (χ0v) is 21.2. The molecule has 3 aromatic carbocycles. The van der Waals surface area contributed by atoms with Gasteiger partial charge in [0.15, 0.2) is 11.5 Å². The summed E-state index contributed by atoms with van der Waals surface area (Å²) in [6.45, 7) is 1.77. The van der Waals surface area contributed by atoms with Crippen LogP contribution in [-0.4, -0.2) is 41.3 Å². The zero-order valence-electron chi connectivity index (χ0n) is 19.6. The predicted octanol–water partition coefficient (Wildman–Crippen LogP) is 4.25. The maximum atomic E-state index is 13.5. The largest absolute Gasteiger partial charge is 0.493 e. The van der Waals surface area contributed by atoms with Gasteiger partial charge >= 0.3 is 0 Å². The highest BCUT2D eigenvalue weighted by Gasteiger charge is 2.27. The van der Waals surface area contributed by atoms with Gasteiger partial charge in [0.2, 0.25) is 5.91 Å². The maximum Gasteiger partial charge on any atom is 0.264 e. The summed E-state index contributed by atoms with van der Waals surface area (Å²) in [5.74, 6) is 0.702. The standard InChI is InChI=1S/C25H28N2O5S2/c1-18-5-8-20(9-6-18)27(34(29,30)22-12-10-21(33-4)11-13-22)17-25(28)26-16-19-7-14-23(31-2)24(15-19)32-3/h5-15H,16-17H2,1-4H3,(H,26,28). The van der Waals surface area contributed by atoms with Crippen molar-refractivity contribution in [3.8, 4) is 11.5 Å². The Bertz CT molecular complexity index is 1230. The average molecular weight is 501 g/mol. The summed E-state index contributed by atoms with van der Waals surface area (Å²) in [7, 11) is -0.875. The van der Waals surface area contributed by atoms with E-state index in [0.717, 1.165) is 20.3 Å². The molecule has 9 heteroatoms. The summed E-state index contributed by atoms with van der Waals surface area (Å²) in [5, 5.41) is 2.80. The van der Waals surface area contributed by atoms with E-state index >= 15 is 0 Å². The van der Waals surface area contributed by atoms with Gasteiger partial charge in [0.25, 0.3) is 10.0 Å². The molecule has 0 bridgehead atoms. The van der Waals surface area contributed by atoms with Crippen molar-refractivity contribution in [2.75, 3.05) is 31.3 Å². The van der Waals surface area contributed by atoms with Crippen molar-refractivity contribution in [1.82, 2.24) is 5.32 Å². The van der Waals surface area contributed by atoms with E-state index in [2.05, 4.69) is 5.32 Å². The number of nitrogens with zero attached hydrogens (tertiary/aromatic N) is 1. The highest BCUT2D eigenvalue weighted by Crippen LogP contribution is 2.28. The van der Waals surface area contributed by atoms with Crippen molar-refractivity contribution < 1.29 is 22.7 Å². The molecule has 1 N–H and O–H groups in total. The number of anilines is 1. The quantitative estimate of drug-likeness (QED) is 0.419. The summed E-state index contributed by atoms with van der Waals surface area (Å²) in [4.78, 5) is 13.9. The van der Waals surface area contributed by atoms with Gasteiger partial charge in [0.1, 0.15) is 6.54 Å². The van der Waals surface area contributed by atoms with Gasteiger partial charge in [-0.2, -0.15) is 0 Å². The minimum atomic E-state index is -3.96. The molecule has 0 aliphatic heterocycles. The fraction of sp³-hybridized carbons (Fsp3) is 0.240. The summed E-state index contributed by atoms with van der Waals surface area (Å²) in [6.07, 6.45) is 1.92. The third kappa shape index (κ3) is 6.03. The van der Waals surface area contributed by atoms with E-state index in [4.69, 9.17) is 9.47 Å². The zero-order chi connectivity index (χ0) is 24.7. The van der Waals surface area contributed by atoms with Crippen molar-refractivity contribution in [3.05, 3.63) is 77.9 Å². The first kappa shape index (κ1) is 25.5. The van der Waals surface area contributed by atoms with E-state index in [9.17, 15) is 13.2 Å². The van der Waals surface area contributed by atoms with Crippen LogP contribution in [0.3, 0.4) is 0 Å². The van der Waals surface area contributed by atoms with Gasteiger partial charge in [-0.3, -0.25) is 9.10 Å². The molecule has 180 valence electrons. The van der Waals surface area contributed by atoms with Crippen LogP contribution in [-0.2, 0) is 21.4 Å². The highest BCUT2D eigenvalue weighted by atomic mass is 32.2. The molecule has 0 atom stereocenters. The number of hydrogen-bond acceptors (Lipinski definition) is 6. The van der Waals surface area contributed by atoms with Gasteiger partial charge in [0, 0.05) is 11.4 Å². The Labute approximate surface area is 205 Å². The van der Waals surface area contributed by atoms with Crippen molar-refractivity contribution in [2.24, 2.45) is 0 Å². The van der Waals surface area contributed by atoms with E-state index in [1.165, 1.54) is 18.9 Å². The monoisotopic (exact) mass is 500 g/mol. The molecule has 1 amide bonds. The molecule has 0 unspecified atom stereocenters. The molecule has 3 rings (SSSR count). The molecule has 0 saturated carbocycles. The van der Waals surface area contributed by atoms with Gasteiger partial charge < -0.3 is 14.8 Å². The van der Waals surface area contributed by atoms with E-state index in [-0.39, 0.29) is 18.0 Å². The van der Waals surface area contributed by atoms with Crippen LogP contribution >= 0.6 is 11.8 Å². The Hall–Kier alpha value is -3.17. The number of rotatable bonds is 10. The van der Waals surface area contributed by atoms with Crippen molar-refractivity contribution in [2.45, 2.75) is 23.3 Å². The molecule has 0 heterocycles. The van der Waals surface area contributed by atoms with Crippen molar-refractivity contribution in [1.29, 1.82) is 0 Å². The SMILES string of the molecule is COc1ccc(CNC(=O)CN(c2ccc(C)cc2)S(=O)(=O)c2ccc(SC)cc2)cc1OC. The number of aryl methyl sites for hydroxylation is 1. The van der Waals surface area contributed by atoms with Gasteiger partial charge in [-0.15, -0.1) is 11.8 Å². The maximum absolute atomic E-state index is 13.5. The number of amides is 1. The topological polar surface area (TPSA) is 84.9 Å². The molecule has 0 aliphatic rings. The number of sulfonamides is 1. The Kier molecular flexibility index (Phi) is 8.46. The Morgan fingerprint density at radius 1 is 0.941 bits per heavy atom. The van der Waals surface area contributed by atoms with Crippen LogP contribution in [0.5, 0.6) is 11.5 Å². The summed E-state index contributed by atoms with van der Waals surface area (Å²) in [6, 6.07) is 19.0. The lowest BCUT2D eigenvalue weighted by Crippen LogP contribution is -2.40. The van der Waals surface area contributed by atoms with E-state index in [1.807, 2.05) is 31.4 Å². The van der Waals surface area contributed by atoms with E-state index in [0.29, 0.717) is 17.2 Å². The van der Waals surface area contributed by atoms with Gasteiger partial charge in [0.05, 0.1) is 24.8 Å². The Morgan fingerprint density at radius 3 is 2.18 bits per heavy atom. The molecule has 0 saturated heterocycles. The van der Waals surface area contributed by atoms with E-state index < -0.39 is 15.9 Å². The second-order valence-corrected chi connectivity index (χ2v) is 10.2. The van der Waals surface area contributed by atoms with Crippen LogP contribution in [0.1, 0.15) is 11.1 Å². The summed E-state index contributed by atoms with van der Waals surface area (Å²) in [5.41, 5.74) is 2.20. The minimum absolute atomic E-state index is 0.124. The van der Waals surface area contributed by atoms with Crippen LogP contribution in [0.15, 0.2) is 76.5 Å². The minimum Gasteiger partial charge on any atom is -0.493 e. The van der Waals surface area contributed by atoms with Crippen molar-refractivity contribution >= 4 is 33.4 Å². The molecule has 0 aliphatic carbocycles. The molecular formula is C25H28N2O5S2. The smallest absolute Gasteiger partial charge is 0.264 e. The number of carbonyl (C=O) groups is 1. The normalized spacial score (nSPS) is 11.1. The third-order valence-electron chi connectivity index (χ3n) is 5.19. The number of ether oxygens (including phenoxy) is 2. The van der Waals surface area contributed by atoms with Crippen LogP contribution in [0, 0.1) is 6.92 Å². The number of benzene rings is 3. The molecule has 34 heavy (non-hydrogen) atoms. The Morgan fingerprint density at radius 2 is 1.59 bits per heavy atom. The van der Waals surface area contributed by atoms with Crippen LogP contribution < -0.4 is 19.1 Å². The average Bonchev–Trinajstić information content (AvgIpc) is 2.86. The van der Waals surface area contributed by atoms with Gasteiger partial charge in [-0.1, -0.05) is 23.8 Å². The second-order valence-electron chi connectivity index (χ2n) is 7.49. The highest BCUT2D eigenvalue weighted by molar-refractivity contribution is 7.98. The van der Waals surface area contributed by atoms with Crippen LogP contribution in [0.4, 0.5) is 5.69 Å². The fourth-order valence-electron chi connectivity index (χ4n) is 3.28. The van der Waals surface area contributed by atoms with Crippen molar-refractivity contribution in [3.63, 3.8) is 0 Å².